The first-order valence-corrected chi connectivity index (χ1v) is 8.95. The molecule has 0 aromatic rings. The van der Waals surface area contributed by atoms with Gasteiger partial charge in [-0.25, -0.2) is 0 Å². The van der Waals surface area contributed by atoms with E-state index in [2.05, 4.69) is 29.0 Å². The minimum absolute atomic E-state index is 0.105. The third-order valence-corrected chi connectivity index (χ3v) is 5.72. The first kappa shape index (κ1) is 16.2. The Morgan fingerprint density at radius 3 is 2.41 bits per heavy atom. The quantitative estimate of drug-likeness (QED) is 0.806. The van der Waals surface area contributed by atoms with Crippen molar-refractivity contribution in [2.75, 3.05) is 32.7 Å². The topological polar surface area (TPSA) is 61.6 Å². The number of carbonyl (C=O) groups is 1. The number of nitrogens with zero attached hydrogens (tertiary/aromatic N) is 2. The van der Waals surface area contributed by atoms with Gasteiger partial charge in [-0.2, -0.15) is 0 Å². The molecule has 3 rings (SSSR count). The lowest BCUT2D eigenvalue weighted by Gasteiger charge is -2.42. The van der Waals surface area contributed by atoms with Crippen LogP contribution in [-0.2, 0) is 4.79 Å². The van der Waals surface area contributed by atoms with Crippen molar-refractivity contribution in [3.05, 3.63) is 0 Å². The fourth-order valence-corrected chi connectivity index (χ4v) is 3.95. The van der Waals surface area contributed by atoms with Crippen LogP contribution >= 0.6 is 0 Å². The number of amides is 1. The molecule has 1 saturated carbocycles. The van der Waals surface area contributed by atoms with Crippen molar-refractivity contribution in [1.29, 1.82) is 0 Å². The number of nitrogens with two attached hydrogens (primary N) is 1. The second-order valence-corrected chi connectivity index (χ2v) is 8.20. The second kappa shape index (κ2) is 6.46. The molecule has 0 spiro atoms. The van der Waals surface area contributed by atoms with Crippen LogP contribution in [0.3, 0.4) is 0 Å². The van der Waals surface area contributed by atoms with E-state index in [-0.39, 0.29) is 17.4 Å². The molecule has 1 unspecified atom stereocenters. The molecule has 2 aliphatic heterocycles. The molecule has 1 amide bonds. The Balaban J connectivity index is 1.39. The highest BCUT2D eigenvalue weighted by atomic mass is 16.2. The van der Waals surface area contributed by atoms with Crippen LogP contribution in [0.2, 0.25) is 0 Å². The average Bonchev–Trinajstić information content (AvgIpc) is 3.28. The lowest BCUT2D eigenvalue weighted by atomic mass is 9.80. The summed E-state index contributed by atoms with van der Waals surface area (Å²) in [5, 5.41) is 3.25. The largest absolute Gasteiger partial charge is 0.352 e. The molecule has 0 bridgehead atoms. The highest BCUT2D eigenvalue weighted by Gasteiger charge is 2.35. The predicted octanol–water partition coefficient (Wildman–Crippen LogP) is 0.789. The molecule has 0 aromatic carbocycles. The fourth-order valence-electron chi connectivity index (χ4n) is 3.95. The van der Waals surface area contributed by atoms with E-state index in [9.17, 15) is 4.79 Å². The van der Waals surface area contributed by atoms with E-state index in [0.29, 0.717) is 12.6 Å². The van der Waals surface area contributed by atoms with E-state index in [0.717, 1.165) is 51.5 Å². The number of likely N-dealkylation sites (tertiary alicyclic amines) is 2. The first-order valence-electron chi connectivity index (χ1n) is 8.95. The third kappa shape index (κ3) is 4.00. The lowest BCUT2D eigenvalue weighted by Crippen LogP contribution is -2.55. The monoisotopic (exact) mass is 308 g/mol. The molecule has 1 atom stereocenters. The van der Waals surface area contributed by atoms with Gasteiger partial charge in [-0.3, -0.25) is 9.69 Å². The Labute approximate surface area is 134 Å². The lowest BCUT2D eigenvalue weighted by molar-refractivity contribution is -0.124. The minimum atomic E-state index is 0.105. The van der Waals surface area contributed by atoms with Crippen molar-refractivity contribution < 1.29 is 4.79 Å². The van der Waals surface area contributed by atoms with Gasteiger partial charge < -0.3 is 16.0 Å². The van der Waals surface area contributed by atoms with Gasteiger partial charge in [0.15, 0.2) is 0 Å². The molecular weight excluding hydrogens is 276 g/mol. The van der Waals surface area contributed by atoms with Crippen LogP contribution in [-0.4, -0.2) is 66.6 Å². The van der Waals surface area contributed by atoms with E-state index in [1.54, 1.807) is 0 Å². The van der Waals surface area contributed by atoms with Crippen LogP contribution in [0.25, 0.3) is 0 Å². The van der Waals surface area contributed by atoms with Crippen molar-refractivity contribution in [2.45, 2.75) is 64.1 Å². The molecule has 126 valence electrons. The van der Waals surface area contributed by atoms with Crippen LogP contribution in [0.1, 0.15) is 46.0 Å². The summed E-state index contributed by atoms with van der Waals surface area (Å²) < 4.78 is 0. The molecule has 1 aliphatic carbocycles. The second-order valence-electron chi connectivity index (χ2n) is 8.20. The van der Waals surface area contributed by atoms with Gasteiger partial charge in [-0.1, -0.05) is 13.8 Å². The SMILES string of the molecule is CC1(C)CN(CC(=O)NC2CCN(C3CC3)CC2)CCC1N. The Hall–Kier alpha value is -0.650. The Morgan fingerprint density at radius 2 is 1.82 bits per heavy atom. The molecule has 22 heavy (non-hydrogen) atoms. The normalized spacial score (nSPS) is 31.1. The number of hydrogen-bond acceptors (Lipinski definition) is 4. The van der Waals surface area contributed by atoms with Crippen molar-refractivity contribution in [3.63, 3.8) is 0 Å². The van der Waals surface area contributed by atoms with Gasteiger partial charge in [0.1, 0.15) is 0 Å². The molecular formula is C17H32N4O. The summed E-state index contributed by atoms with van der Waals surface area (Å²) in [6, 6.07) is 1.48. The van der Waals surface area contributed by atoms with Gasteiger partial charge >= 0.3 is 0 Å². The van der Waals surface area contributed by atoms with Gasteiger partial charge in [0.25, 0.3) is 0 Å². The van der Waals surface area contributed by atoms with E-state index >= 15 is 0 Å². The maximum Gasteiger partial charge on any atom is 0.234 e. The van der Waals surface area contributed by atoms with Gasteiger partial charge in [0, 0.05) is 44.3 Å². The van der Waals surface area contributed by atoms with E-state index in [4.69, 9.17) is 5.73 Å². The summed E-state index contributed by atoms with van der Waals surface area (Å²) in [5.74, 6) is 0.191. The Bertz CT molecular complexity index is 399. The zero-order valence-electron chi connectivity index (χ0n) is 14.2. The summed E-state index contributed by atoms with van der Waals surface area (Å²) in [7, 11) is 0. The summed E-state index contributed by atoms with van der Waals surface area (Å²) in [4.78, 5) is 17.2. The van der Waals surface area contributed by atoms with Gasteiger partial charge in [-0.05, 0) is 37.5 Å². The Kier molecular flexibility index (Phi) is 4.76. The molecule has 2 heterocycles. The molecule has 3 fully saturated rings. The maximum absolute atomic E-state index is 12.3. The molecule has 5 nitrogen and oxygen atoms in total. The Morgan fingerprint density at radius 1 is 1.14 bits per heavy atom. The van der Waals surface area contributed by atoms with Gasteiger partial charge in [-0.15, -0.1) is 0 Å². The molecule has 0 radical (unpaired) electrons. The fraction of sp³-hybridized carbons (Fsp3) is 0.941. The summed E-state index contributed by atoms with van der Waals surface area (Å²) in [6.07, 6.45) is 5.96. The minimum Gasteiger partial charge on any atom is -0.352 e. The highest BCUT2D eigenvalue weighted by Crippen LogP contribution is 2.29. The van der Waals surface area contributed by atoms with Crippen molar-refractivity contribution in [1.82, 2.24) is 15.1 Å². The van der Waals surface area contributed by atoms with Crippen LogP contribution in [0.15, 0.2) is 0 Å². The number of nitrogens with one attached hydrogen (secondary N) is 1. The van der Waals surface area contributed by atoms with Crippen LogP contribution < -0.4 is 11.1 Å². The smallest absolute Gasteiger partial charge is 0.234 e. The first-order chi connectivity index (χ1) is 10.4. The highest BCUT2D eigenvalue weighted by molar-refractivity contribution is 5.78. The number of rotatable bonds is 4. The molecule has 5 heteroatoms. The van der Waals surface area contributed by atoms with Crippen LogP contribution in [0, 0.1) is 5.41 Å². The van der Waals surface area contributed by atoms with Gasteiger partial charge in [0.05, 0.1) is 6.54 Å². The van der Waals surface area contributed by atoms with Crippen LogP contribution in [0.4, 0.5) is 0 Å². The average molecular weight is 308 g/mol. The van der Waals surface area contributed by atoms with Crippen molar-refractivity contribution in [3.8, 4) is 0 Å². The van der Waals surface area contributed by atoms with E-state index in [1.165, 1.54) is 12.8 Å². The summed E-state index contributed by atoms with van der Waals surface area (Å²) >= 11 is 0. The van der Waals surface area contributed by atoms with Gasteiger partial charge in [0.2, 0.25) is 5.91 Å². The standard InChI is InChI=1S/C17H32N4O/c1-17(2)12-20(8-7-15(17)18)11-16(22)19-13-5-9-21(10-6-13)14-3-4-14/h13-15H,3-12,18H2,1-2H3,(H,19,22). The zero-order valence-corrected chi connectivity index (χ0v) is 14.2. The maximum atomic E-state index is 12.3. The third-order valence-electron chi connectivity index (χ3n) is 5.72. The predicted molar refractivity (Wildman–Crippen MR) is 88.6 cm³/mol. The van der Waals surface area contributed by atoms with E-state index < -0.39 is 0 Å². The van der Waals surface area contributed by atoms with Crippen molar-refractivity contribution in [2.24, 2.45) is 11.1 Å². The van der Waals surface area contributed by atoms with E-state index in [1.807, 2.05) is 0 Å². The zero-order chi connectivity index (χ0) is 15.7. The molecule has 3 N–H and O–H groups in total. The number of carbonyl (C=O) groups excluding carboxylic acids is 1. The number of hydrogen-bond donors (Lipinski definition) is 2. The molecule has 0 aromatic heterocycles. The molecule has 3 aliphatic rings. The molecule has 2 saturated heterocycles. The summed E-state index contributed by atoms with van der Waals surface area (Å²) in [6.45, 7) is 9.10. The number of piperidine rings is 2. The summed E-state index contributed by atoms with van der Waals surface area (Å²) in [5.41, 5.74) is 6.27. The van der Waals surface area contributed by atoms with Crippen molar-refractivity contribution >= 4 is 5.91 Å². The van der Waals surface area contributed by atoms with Crippen LogP contribution in [0.5, 0.6) is 0 Å².